The molecule has 1 aromatic heterocycles. The fraction of sp³-hybridized carbons (Fsp3) is 0.0909. The van der Waals surface area contributed by atoms with Crippen molar-refractivity contribution in [2.45, 2.75) is 11.3 Å². The van der Waals surface area contributed by atoms with Crippen LogP contribution >= 0.6 is 23.1 Å². The first kappa shape index (κ1) is 20.1. The molecule has 6 nitrogen and oxygen atoms in total. The topological polar surface area (TPSA) is 84.0 Å². The number of thioether (sulfide) groups is 1. The summed E-state index contributed by atoms with van der Waals surface area (Å²) in [5.41, 5.74) is 2.35. The second kappa shape index (κ2) is 9.06. The van der Waals surface area contributed by atoms with E-state index in [1.807, 2.05) is 67.6 Å². The molecule has 0 aliphatic rings. The highest BCUT2D eigenvalue weighted by atomic mass is 32.2. The number of hydrogen-bond donors (Lipinski definition) is 2. The smallest absolute Gasteiger partial charge is 0.257 e. The van der Waals surface area contributed by atoms with E-state index in [1.165, 1.54) is 23.1 Å². The van der Waals surface area contributed by atoms with Crippen molar-refractivity contribution in [1.82, 2.24) is 10.2 Å². The van der Waals surface area contributed by atoms with Crippen LogP contribution in [0, 0.1) is 6.92 Å². The van der Waals surface area contributed by atoms with Gasteiger partial charge in [-0.25, -0.2) is 0 Å². The first-order chi connectivity index (χ1) is 14.6. The number of rotatable bonds is 6. The van der Waals surface area contributed by atoms with Gasteiger partial charge in [0.1, 0.15) is 0 Å². The van der Waals surface area contributed by atoms with E-state index in [-0.39, 0.29) is 17.6 Å². The quantitative estimate of drug-likeness (QED) is 0.330. The Morgan fingerprint density at radius 3 is 2.63 bits per heavy atom. The van der Waals surface area contributed by atoms with E-state index in [9.17, 15) is 9.59 Å². The number of aromatic nitrogens is 2. The molecular weight excluding hydrogens is 416 g/mol. The van der Waals surface area contributed by atoms with Gasteiger partial charge in [0, 0.05) is 16.6 Å². The lowest BCUT2D eigenvalue weighted by Crippen LogP contribution is -2.14. The number of nitrogens with one attached hydrogen (secondary N) is 2. The Morgan fingerprint density at radius 1 is 0.967 bits per heavy atom. The molecule has 0 fully saturated rings. The van der Waals surface area contributed by atoms with Crippen LogP contribution in [0.25, 0.3) is 10.8 Å². The second-order valence-corrected chi connectivity index (χ2v) is 8.76. The molecule has 0 saturated carbocycles. The SMILES string of the molecule is Cc1cccc(C(=O)Nc2nnc(SCC(=O)Nc3cccc4ccccc34)s2)c1. The molecule has 150 valence electrons. The van der Waals surface area contributed by atoms with Crippen molar-refractivity contribution < 1.29 is 9.59 Å². The van der Waals surface area contributed by atoms with Crippen molar-refractivity contribution in [3.05, 3.63) is 77.9 Å². The third-order valence-corrected chi connectivity index (χ3v) is 6.27. The van der Waals surface area contributed by atoms with Gasteiger partial charge in [-0.1, -0.05) is 77.2 Å². The monoisotopic (exact) mass is 434 g/mol. The zero-order valence-electron chi connectivity index (χ0n) is 16.1. The lowest BCUT2D eigenvalue weighted by Gasteiger charge is -2.08. The zero-order valence-corrected chi connectivity index (χ0v) is 17.7. The van der Waals surface area contributed by atoms with Gasteiger partial charge < -0.3 is 5.32 Å². The summed E-state index contributed by atoms with van der Waals surface area (Å²) in [4.78, 5) is 24.7. The fourth-order valence-electron chi connectivity index (χ4n) is 2.92. The number of benzene rings is 3. The van der Waals surface area contributed by atoms with E-state index in [0.29, 0.717) is 15.0 Å². The zero-order chi connectivity index (χ0) is 20.9. The molecular formula is C22H18N4O2S2. The minimum atomic E-state index is -0.236. The first-order valence-corrected chi connectivity index (χ1v) is 11.0. The Hall–Kier alpha value is -3.23. The molecule has 1 heterocycles. The summed E-state index contributed by atoms with van der Waals surface area (Å²) in [6.45, 7) is 1.93. The molecule has 0 aliphatic heterocycles. The fourth-order valence-corrected chi connectivity index (χ4v) is 4.47. The average molecular weight is 435 g/mol. The summed E-state index contributed by atoms with van der Waals surface area (Å²) in [5, 5.41) is 16.2. The van der Waals surface area contributed by atoms with Crippen LogP contribution in [0.5, 0.6) is 0 Å². The molecule has 4 aromatic rings. The predicted octanol–water partition coefficient (Wildman–Crippen LogP) is 4.98. The molecule has 0 unspecified atom stereocenters. The molecule has 2 amide bonds. The lowest BCUT2D eigenvalue weighted by atomic mass is 10.1. The molecule has 0 bridgehead atoms. The number of amides is 2. The Morgan fingerprint density at radius 2 is 1.77 bits per heavy atom. The predicted molar refractivity (Wildman–Crippen MR) is 122 cm³/mol. The van der Waals surface area contributed by atoms with Gasteiger partial charge in [-0.2, -0.15) is 0 Å². The normalized spacial score (nSPS) is 10.7. The van der Waals surface area contributed by atoms with E-state index < -0.39 is 0 Å². The van der Waals surface area contributed by atoms with Crippen molar-refractivity contribution in [3.63, 3.8) is 0 Å². The molecule has 4 rings (SSSR count). The van der Waals surface area contributed by atoms with Gasteiger partial charge in [0.25, 0.3) is 5.91 Å². The molecule has 0 radical (unpaired) electrons. The molecule has 30 heavy (non-hydrogen) atoms. The molecule has 0 saturated heterocycles. The molecule has 0 aliphatic carbocycles. The van der Waals surface area contributed by atoms with Crippen molar-refractivity contribution in [3.8, 4) is 0 Å². The Balaban J connectivity index is 1.34. The number of carbonyl (C=O) groups excluding carboxylic acids is 2. The maximum atomic E-state index is 12.4. The van der Waals surface area contributed by atoms with Gasteiger partial charge in [0.15, 0.2) is 4.34 Å². The highest BCUT2D eigenvalue weighted by Gasteiger charge is 2.12. The molecule has 3 aromatic carbocycles. The van der Waals surface area contributed by atoms with Crippen LogP contribution in [0.2, 0.25) is 0 Å². The van der Waals surface area contributed by atoms with E-state index in [4.69, 9.17) is 0 Å². The number of carbonyl (C=O) groups is 2. The van der Waals surface area contributed by atoms with Gasteiger partial charge >= 0.3 is 0 Å². The summed E-state index contributed by atoms with van der Waals surface area (Å²) in [5.74, 6) is -0.166. The van der Waals surface area contributed by atoms with Crippen molar-refractivity contribution >= 4 is 56.5 Å². The van der Waals surface area contributed by atoms with E-state index >= 15 is 0 Å². The van der Waals surface area contributed by atoms with Gasteiger partial charge in [-0.05, 0) is 30.5 Å². The van der Waals surface area contributed by atoms with E-state index in [0.717, 1.165) is 22.0 Å². The van der Waals surface area contributed by atoms with Crippen LogP contribution < -0.4 is 10.6 Å². The summed E-state index contributed by atoms with van der Waals surface area (Å²) < 4.78 is 0.614. The standard InChI is InChI=1S/C22H18N4O2S2/c1-14-6-4-9-16(12-14)20(28)24-21-25-26-22(30-21)29-13-19(27)23-18-11-5-8-15-7-2-3-10-17(15)18/h2-12H,13H2,1H3,(H,23,27)(H,24,25,28). The maximum Gasteiger partial charge on any atom is 0.257 e. The average Bonchev–Trinajstić information content (AvgIpc) is 3.20. The maximum absolute atomic E-state index is 12.4. The highest BCUT2D eigenvalue weighted by molar-refractivity contribution is 8.01. The van der Waals surface area contributed by atoms with E-state index in [2.05, 4.69) is 20.8 Å². The van der Waals surface area contributed by atoms with Crippen LogP contribution in [0.3, 0.4) is 0 Å². The Bertz CT molecular complexity index is 1220. The summed E-state index contributed by atoms with van der Waals surface area (Å²) >= 11 is 2.52. The molecule has 0 spiro atoms. The first-order valence-electron chi connectivity index (χ1n) is 9.20. The van der Waals surface area contributed by atoms with Crippen LogP contribution in [0.15, 0.2) is 71.1 Å². The molecule has 2 N–H and O–H groups in total. The van der Waals surface area contributed by atoms with Crippen LogP contribution in [0.4, 0.5) is 10.8 Å². The highest BCUT2D eigenvalue weighted by Crippen LogP contribution is 2.27. The van der Waals surface area contributed by atoms with E-state index in [1.54, 1.807) is 6.07 Å². The lowest BCUT2D eigenvalue weighted by molar-refractivity contribution is -0.113. The van der Waals surface area contributed by atoms with Crippen LogP contribution in [0.1, 0.15) is 15.9 Å². The number of anilines is 2. The minimum Gasteiger partial charge on any atom is -0.325 e. The van der Waals surface area contributed by atoms with Gasteiger partial charge in [0.2, 0.25) is 11.0 Å². The summed E-state index contributed by atoms with van der Waals surface area (Å²) in [6, 6.07) is 21.0. The summed E-state index contributed by atoms with van der Waals surface area (Å²) in [7, 11) is 0. The number of nitrogens with zero attached hydrogens (tertiary/aromatic N) is 2. The van der Waals surface area contributed by atoms with Crippen molar-refractivity contribution in [2.75, 3.05) is 16.4 Å². The minimum absolute atomic E-state index is 0.128. The second-order valence-electron chi connectivity index (χ2n) is 6.56. The largest absolute Gasteiger partial charge is 0.325 e. The Labute approximate surface area is 181 Å². The third kappa shape index (κ3) is 4.84. The third-order valence-electron chi connectivity index (χ3n) is 4.30. The number of fused-ring (bicyclic) bond motifs is 1. The van der Waals surface area contributed by atoms with Crippen LogP contribution in [-0.2, 0) is 4.79 Å². The molecule has 0 atom stereocenters. The van der Waals surface area contributed by atoms with Gasteiger partial charge in [-0.15, -0.1) is 10.2 Å². The van der Waals surface area contributed by atoms with Gasteiger partial charge in [-0.3, -0.25) is 14.9 Å². The number of hydrogen-bond acceptors (Lipinski definition) is 6. The van der Waals surface area contributed by atoms with Crippen molar-refractivity contribution in [2.24, 2.45) is 0 Å². The van der Waals surface area contributed by atoms with Crippen LogP contribution in [-0.4, -0.2) is 27.8 Å². The number of aryl methyl sites for hydroxylation is 1. The summed E-state index contributed by atoms with van der Waals surface area (Å²) in [6.07, 6.45) is 0. The Kier molecular flexibility index (Phi) is 6.06. The van der Waals surface area contributed by atoms with Crippen molar-refractivity contribution in [1.29, 1.82) is 0 Å². The van der Waals surface area contributed by atoms with Gasteiger partial charge in [0.05, 0.1) is 5.75 Å². The molecule has 8 heteroatoms.